The van der Waals surface area contributed by atoms with Crippen LogP contribution in [0.25, 0.3) is 0 Å². The minimum Gasteiger partial charge on any atom is -0.368 e. The Morgan fingerprint density at radius 1 is 1.50 bits per heavy atom. The first-order chi connectivity index (χ1) is 7.63. The molecule has 0 aromatic carbocycles. The van der Waals surface area contributed by atoms with E-state index in [1.165, 1.54) is 0 Å². The van der Waals surface area contributed by atoms with Crippen molar-refractivity contribution in [2.45, 2.75) is 6.54 Å². The van der Waals surface area contributed by atoms with Gasteiger partial charge in [-0.25, -0.2) is 9.97 Å². The Hall–Kier alpha value is -1.89. The molecule has 0 amide bonds. The number of nitrogen functional groups attached to an aromatic ring is 1. The molecule has 0 spiro atoms. The summed E-state index contributed by atoms with van der Waals surface area (Å²) < 4.78 is 1.62. The number of hydrogen-bond acceptors (Lipinski definition) is 6. The molecule has 16 heavy (non-hydrogen) atoms. The highest BCUT2D eigenvalue weighted by molar-refractivity contribution is 6.29. The fourth-order valence-electron chi connectivity index (χ4n) is 1.16. The summed E-state index contributed by atoms with van der Waals surface area (Å²) in [7, 11) is 1.80. The van der Waals surface area contributed by atoms with E-state index in [9.17, 15) is 0 Å². The van der Waals surface area contributed by atoms with Crippen molar-refractivity contribution >= 4 is 23.4 Å². The zero-order valence-corrected chi connectivity index (χ0v) is 9.31. The van der Waals surface area contributed by atoms with Crippen LogP contribution in [0, 0.1) is 0 Å². The predicted octanol–water partition coefficient (Wildman–Crippen LogP) is 0.453. The van der Waals surface area contributed by atoms with Gasteiger partial charge in [0.1, 0.15) is 17.3 Å². The summed E-state index contributed by atoms with van der Waals surface area (Å²) in [6.45, 7) is 0.452. The minimum absolute atomic E-state index is 0.129. The van der Waals surface area contributed by atoms with E-state index in [-0.39, 0.29) is 5.95 Å². The Morgan fingerprint density at radius 2 is 2.31 bits per heavy atom. The van der Waals surface area contributed by atoms with Crippen molar-refractivity contribution in [3.8, 4) is 0 Å². The molecule has 2 heterocycles. The van der Waals surface area contributed by atoms with Gasteiger partial charge in [-0.3, -0.25) is 4.68 Å². The van der Waals surface area contributed by atoms with Crippen LogP contribution in [0.15, 0.2) is 12.4 Å². The molecule has 2 rings (SSSR count). The lowest BCUT2D eigenvalue weighted by molar-refractivity contribution is 0.747. The van der Waals surface area contributed by atoms with Gasteiger partial charge < -0.3 is 11.1 Å². The lowest BCUT2D eigenvalue weighted by Crippen LogP contribution is -2.06. The molecular weight excluding hydrogens is 230 g/mol. The average Bonchev–Trinajstić information content (AvgIpc) is 2.60. The summed E-state index contributed by atoms with van der Waals surface area (Å²) in [6, 6.07) is 1.58. The van der Waals surface area contributed by atoms with Crippen molar-refractivity contribution < 1.29 is 0 Å². The quantitative estimate of drug-likeness (QED) is 0.756. The molecule has 0 saturated carbocycles. The molecule has 0 aliphatic carbocycles. The van der Waals surface area contributed by atoms with Crippen LogP contribution >= 0.6 is 11.6 Å². The Bertz CT molecular complexity index is 475. The number of aryl methyl sites for hydroxylation is 1. The van der Waals surface area contributed by atoms with Gasteiger partial charge in [0, 0.05) is 13.1 Å². The van der Waals surface area contributed by atoms with E-state index in [1.54, 1.807) is 24.1 Å². The number of rotatable bonds is 3. The second kappa shape index (κ2) is 4.31. The molecule has 2 aromatic rings. The Kier molecular flexibility index (Phi) is 2.86. The molecule has 0 saturated heterocycles. The monoisotopic (exact) mass is 239 g/mol. The Morgan fingerprint density at radius 3 is 2.94 bits per heavy atom. The van der Waals surface area contributed by atoms with Crippen molar-refractivity contribution in [1.29, 1.82) is 0 Å². The van der Waals surface area contributed by atoms with Crippen molar-refractivity contribution in [2.24, 2.45) is 7.05 Å². The van der Waals surface area contributed by atoms with E-state index in [1.807, 2.05) is 0 Å². The maximum Gasteiger partial charge on any atom is 0.223 e. The van der Waals surface area contributed by atoms with E-state index >= 15 is 0 Å². The highest BCUT2D eigenvalue weighted by atomic mass is 35.5. The van der Waals surface area contributed by atoms with Crippen LogP contribution in [0.3, 0.4) is 0 Å². The maximum absolute atomic E-state index is 5.73. The molecule has 84 valence electrons. The second-order valence-corrected chi connectivity index (χ2v) is 3.51. The highest BCUT2D eigenvalue weighted by Gasteiger charge is 2.02. The highest BCUT2D eigenvalue weighted by Crippen LogP contribution is 2.12. The molecule has 0 aliphatic rings. The maximum atomic E-state index is 5.73. The van der Waals surface area contributed by atoms with Gasteiger partial charge >= 0.3 is 0 Å². The lowest BCUT2D eigenvalue weighted by Gasteiger charge is -2.03. The zero-order valence-electron chi connectivity index (χ0n) is 8.55. The second-order valence-electron chi connectivity index (χ2n) is 3.12. The molecule has 0 aliphatic heterocycles. The van der Waals surface area contributed by atoms with Gasteiger partial charge in [-0.05, 0) is 0 Å². The molecule has 8 heteroatoms. The van der Waals surface area contributed by atoms with Gasteiger partial charge in [0.15, 0.2) is 5.82 Å². The van der Waals surface area contributed by atoms with E-state index in [0.717, 1.165) is 0 Å². The largest absolute Gasteiger partial charge is 0.368 e. The fourth-order valence-corrected chi connectivity index (χ4v) is 1.35. The van der Waals surface area contributed by atoms with Crippen molar-refractivity contribution in [3.63, 3.8) is 0 Å². The molecule has 2 aromatic heterocycles. The topological polar surface area (TPSA) is 94.5 Å². The van der Waals surface area contributed by atoms with Crippen LogP contribution < -0.4 is 11.1 Å². The number of anilines is 2. The summed E-state index contributed by atoms with van der Waals surface area (Å²) in [5.74, 6) is 1.34. The Balaban J connectivity index is 2.04. The molecule has 0 unspecified atom stereocenters. The van der Waals surface area contributed by atoms with E-state index in [2.05, 4.69) is 25.4 Å². The number of aromatic nitrogens is 5. The van der Waals surface area contributed by atoms with Crippen LogP contribution in [0.1, 0.15) is 5.82 Å². The molecular formula is C8H10ClN7. The Labute approximate surface area is 96.7 Å². The van der Waals surface area contributed by atoms with E-state index in [0.29, 0.717) is 23.3 Å². The molecule has 3 N–H and O–H groups in total. The normalized spacial score (nSPS) is 10.4. The third-order valence-electron chi connectivity index (χ3n) is 1.79. The van der Waals surface area contributed by atoms with Crippen LogP contribution in [-0.2, 0) is 13.6 Å². The summed E-state index contributed by atoms with van der Waals surface area (Å²) >= 11 is 5.73. The van der Waals surface area contributed by atoms with Gasteiger partial charge in [-0.1, -0.05) is 11.6 Å². The number of nitrogens with zero attached hydrogens (tertiary/aromatic N) is 5. The van der Waals surface area contributed by atoms with Crippen LogP contribution in [0.2, 0.25) is 5.15 Å². The van der Waals surface area contributed by atoms with Crippen LogP contribution in [-0.4, -0.2) is 24.7 Å². The third kappa shape index (κ3) is 2.57. The lowest BCUT2D eigenvalue weighted by atomic mass is 10.5. The first kappa shape index (κ1) is 10.6. The smallest absolute Gasteiger partial charge is 0.223 e. The van der Waals surface area contributed by atoms with E-state index < -0.39 is 0 Å². The average molecular weight is 240 g/mol. The standard InChI is InChI=1S/C8H10ClN7/c1-16-4-12-7(15-16)3-11-6-2-5(9)13-8(10)14-6/h2,4H,3H2,1H3,(H3,10,11,13,14). The van der Waals surface area contributed by atoms with E-state index in [4.69, 9.17) is 17.3 Å². The van der Waals surface area contributed by atoms with Gasteiger partial charge in [0.2, 0.25) is 5.95 Å². The number of nitrogens with one attached hydrogen (secondary N) is 1. The van der Waals surface area contributed by atoms with Crippen molar-refractivity contribution in [1.82, 2.24) is 24.7 Å². The SMILES string of the molecule is Cn1cnc(CNc2cc(Cl)nc(N)n2)n1. The number of hydrogen-bond donors (Lipinski definition) is 2. The van der Waals surface area contributed by atoms with Gasteiger partial charge in [0.25, 0.3) is 0 Å². The van der Waals surface area contributed by atoms with Gasteiger partial charge in [-0.15, -0.1) is 0 Å². The molecule has 0 bridgehead atoms. The molecule has 0 atom stereocenters. The van der Waals surface area contributed by atoms with Crippen molar-refractivity contribution in [3.05, 3.63) is 23.4 Å². The predicted molar refractivity (Wildman–Crippen MR) is 59.8 cm³/mol. The van der Waals surface area contributed by atoms with Crippen LogP contribution in [0.4, 0.5) is 11.8 Å². The number of nitrogens with two attached hydrogens (primary N) is 1. The third-order valence-corrected chi connectivity index (χ3v) is 1.98. The summed E-state index contributed by atoms with van der Waals surface area (Å²) in [4.78, 5) is 11.8. The molecule has 7 nitrogen and oxygen atoms in total. The van der Waals surface area contributed by atoms with Crippen molar-refractivity contribution in [2.75, 3.05) is 11.1 Å². The molecule has 0 fully saturated rings. The summed E-state index contributed by atoms with van der Waals surface area (Å²) in [5.41, 5.74) is 5.45. The number of halogens is 1. The summed E-state index contributed by atoms with van der Waals surface area (Å²) in [6.07, 6.45) is 1.62. The van der Waals surface area contributed by atoms with Gasteiger partial charge in [-0.2, -0.15) is 10.1 Å². The first-order valence-electron chi connectivity index (χ1n) is 4.52. The van der Waals surface area contributed by atoms with Crippen LogP contribution in [0.5, 0.6) is 0 Å². The van der Waals surface area contributed by atoms with Gasteiger partial charge in [0.05, 0.1) is 6.54 Å². The minimum atomic E-state index is 0.129. The summed E-state index contributed by atoms with van der Waals surface area (Å²) in [5, 5.41) is 7.40. The fraction of sp³-hybridized carbons (Fsp3) is 0.250. The molecule has 0 radical (unpaired) electrons. The zero-order chi connectivity index (χ0) is 11.5. The first-order valence-corrected chi connectivity index (χ1v) is 4.90.